The molecule has 22 heavy (non-hydrogen) atoms. The van der Waals surface area contributed by atoms with Gasteiger partial charge in [0.25, 0.3) is 0 Å². The molecule has 0 aliphatic heterocycles. The van der Waals surface area contributed by atoms with E-state index in [9.17, 15) is 19.2 Å². The SMILES string of the molecule is C=CC(=O)OCCOC(=O)CCCCCOC(=O)CC(C)=O. The number of Topliss-reactive ketones (excluding diaryl/α,β-unsaturated/α-hetero) is 1. The lowest BCUT2D eigenvalue weighted by Crippen LogP contribution is -2.12. The van der Waals surface area contributed by atoms with Gasteiger partial charge in [-0.25, -0.2) is 4.79 Å². The van der Waals surface area contributed by atoms with Crippen LogP contribution in [0.2, 0.25) is 0 Å². The lowest BCUT2D eigenvalue weighted by atomic mass is 10.2. The van der Waals surface area contributed by atoms with Crippen molar-refractivity contribution < 1.29 is 33.4 Å². The van der Waals surface area contributed by atoms with Gasteiger partial charge in [0.1, 0.15) is 25.4 Å². The molecule has 7 nitrogen and oxygen atoms in total. The number of ketones is 1. The van der Waals surface area contributed by atoms with Crippen LogP contribution in [0.25, 0.3) is 0 Å². The van der Waals surface area contributed by atoms with Gasteiger partial charge in [0, 0.05) is 12.5 Å². The van der Waals surface area contributed by atoms with Crippen molar-refractivity contribution in [1.29, 1.82) is 0 Å². The average Bonchev–Trinajstić information content (AvgIpc) is 2.46. The Balaban J connectivity index is 3.42. The molecule has 0 aliphatic carbocycles. The molecule has 0 amide bonds. The maximum absolute atomic E-state index is 11.3. The molecule has 0 unspecified atom stereocenters. The van der Waals surface area contributed by atoms with Gasteiger partial charge in [-0.2, -0.15) is 0 Å². The highest BCUT2D eigenvalue weighted by atomic mass is 16.6. The number of carbonyl (C=O) groups excluding carboxylic acids is 4. The van der Waals surface area contributed by atoms with Crippen molar-refractivity contribution in [2.45, 2.75) is 39.0 Å². The summed E-state index contributed by atoms with van der Waals surface area (Å²) in [5.74, 6) is -1.69. The fourth-order valence-corrected chi connectivity index (χ4v) is 1.42. The Labute approximate surface area is 129 Å². The van der Waals surface area contributed by atoms with Crippen molar-refractivity contribution in [2.75, 3.05) is 19.8 Å². The largest absolute Gasteiger partial charge is 0.465 e. The lowest BCUT2D eigenvalue weighted by Gasteiger charge is -2.05. The Kier molecular flexibility index (Phi) is 11.3. The number of ether oxygens (including phenoxy) is 3. The minimum Gasteiger partial charge on any atom is -0.465 e. The van der Waals surface area contributed by atoms with E-state index in [0.717, 1.165) is 6.08 Å². The quantitative estimate of drug-likeness (QED) is 0.176. The van der Waals surface area contributed by atoms with Crippen LogP contribution >= 0.6 is 0 Å². The molecule has 0 saturated heterocycles. The fourth-order valence-electron chi connectivity index (χ4n) is 1.42. The highest BCUT2D eigenvalue weighted by Gasteiger charge is 2.06. The zero-order valence-electron chi connectivity index (χ0n) is 12.8. The van der Waals surface area contributed by atoms with Crippen LogP contribution in [0.1, 0.15) is 39.0 Å². The molecule has 0 aliphatic rings. The highest BCUT2D eigenvalue weighted by Crippen LogP contribution is 2.02. The summed E-state index contributed by atoms with van der Waals surface area (Å²) in [6.07, 6.45) is 3.00. The average molecular weight is 314 g/mol. The van der Waals surface area contributed by atoms with Gasteiger partial charge in [0.15, 0.2) is 0 Å². The van der Waals surface area contributed by atoms with Crippen LogP contribution in [0.4, 0.5) is 0 Å². The predicted molar refractivity (Wildman–Crippen MR) is 76.8 cm³/mol. The molecule has 0 atom stereocenters. The van der Waals surface area contributed by atoms with Crippen molar-refractivity contribution in [3.05, 3.63) is 12.7 Å². The molecule has 0 aromatic heterocycles. The normalized spacial score (nSPS) is 9.68. The Hall–Kier alpha value is -2.18. The summed E-state index contributed by atoms with van der Waals surface area (Å²) in [6.45, 7) is 4.81. The van der Waals surface area contributed by atoms with E-state index in [1.165, 1.54) is 6.92 Å². The van der Waals surface area contributed by atoms with Crippen LogP contribution in [0.5, 0.6) is 0 Å². The molecule has 7 heteroatoms. The first-order chi connectivity index (χ1) is 10.5. The van der Waals surface area contributed by atoms with E-state index < -0.39 is 11.9 Å². The summed E-state index contributed by atoms with van der Waals surface area (Å²) in [6, 6.07) is 0. The topological polar surface area (TPSA) is 96.0 Å². The first-order valence-electron chi connectivity index (χ1n) is 7.05. The van der Waals surface area contributed by atoms with Crippen LogP contribution in [0.15, 0.2) is 12.7 Å². The van der Waals surface area contributed by atoms with Crippen LogP contribution in [0.3, 0.4) is 0 Å². The minimum atomic E-state index is -0.560. The van der Waals surface area contributed by atoms with E-state index in [-0.39, 0.29) is 44.4 Å². The highest BCUT2D eigenvalue weighted by molar-refractivity contribution is 5.94. The van der Waals surface area contributed by atoms with Crippen LogP contribution in [0, 0.1) is 0 Å². The number of hydrogen-bond donors (Lipinski definition) is 0. The Bertz CT molecular complexity index is 401. The molecule has 0 N–H and O–H groups in total. The Morgan fingerprint density at radius 1 is 0.864 bits per heavy atom. The zero-order chi connectivity index (χ0) is 16.8. The van der Waals surface area contributed by atoms with Gasteiger partial charge in [-0.05, 0) is 26.2 Å². The number of carbonyl (C=O) groups is 4. The molecular formula is C15H22O7. The molecule has 124 valence electrons. The van der Waals surface area contributed by atoms with Crippen molar-refractivity contribution in [2.24, 2.45) is 0 Å². The first kappa shape index (κ1) is 19.8. The Morgan fingerprint density at radius 3 is 2.14 bits per heavy atom. The van der Waals surface area contributed by atoms with Crippen molar-refractivity contribution in [3.8, 4) is 0 Å². The molecular weight excluding hydrogens is 292 g/mol. The monoisotopic (exact) mass is 314 g/mol. The van der Waals surface area contributed by atoms with E-state index in [4.69, 9.17) is 9.47 Å². The summed E-state index contributed by atoms with van der Waals surface area (Å²) in [5, 5.41) is 0. The molecule has 0 aromatic rings. The predicted octanol–water partition coefficient (Wildman–Crippen LogP) is 1.34. The fraction of sp³-hybridized carbons (Fsp3) is 0.600. The van der Waals surface area contributed by atoms with Gasteiger partial charge in [-0.1, -0.05) is 6.58 Å². The summed E-state index contributed by atoms with van der Waals surface area (Å²) in [4.78, 5) is 43.7. The van der Waals surface area contributed by atoms with E-state index in [0.29, 0.717) is 19.3 Å². The lowest BCUT2D eigenvalue weighted by molar-refractivity contribution is -0.149. The number of unbranched alkanes of at least 4 members (excludes halogenated alkanes) is 2. The first-order valence-corrected chi connectivity index (χ1v) is 7.05. The van der Waals surface area contributed by atoms with Gasteiger partial charge in [0.05, 0.1) is 6.61 Å². The van der Waals surface area contributed by atoms with Crippen molar-refractivity contribution in [3.63, 3.8) is 0 Å². The molecule has 0 aromatic carbocycles. The van der Waals surface area contributed by atoms with Gasteiger partial charge in [-0.3, -0.25) is 14.4 Å². The standard InChI is InChI=1S/C15H22O7/c1-3-13(17)21-9-10-22-14(18)7-5-4-6-8-20-15(19)11-12(2)16/h3H,1,4-11H2,2H3. The zero-order valence-corrected chi connectivity index (χ0v) is 12.8. The number of esters is 3. The van der Waals surface area contributed by atoms with Crippen molar-refractivity contribution in [1.82, 2.24) is 0 Å². The van der Waals surface area contributed by atoms with Gasteiger partial charge < -0.3 is 14.2 Å². The second-order valence-corrected chi connectivity index (χ2v) is 4.50. The molecule has 0 rings (SSSR count). The molecule has 0 spiro atoms. The third-order valence-corrected chi connectivity index (χ3v) is 2.44. The number of hydrogen-bond acceptors (Lipinski definition) is 7. The van der Waals surface area contributed by atoms with Crippen molar-refractivity contribution >= 4 is 23.7 Å². The van der Waals surface area contributed by atoms with Gasteiger partial charge in [0.2, 0.25) is 0 Å². The summed E-state index contributed by atoms with van der Waals surface area (Å²) in [7, 11) is 0. The minimum absolute atomic E-state index is 0.00267. The molecule has 0 radical (unpaired) electrons. The third kappa shape index (κ3) is 12.8. The van der Waals surface area contributed by atoms with E-state index >= 15 is 0 Å². The number of rotatable bonds is 12. The summed E-state index contributed by atoms with van der Waals surface area (Å²) in [5.41, 5.74) is 0. The van der Waals surface area contributed by atoms with Crippen LogP contribution in [-0.4, -0.2) is 43.5 Å². The summed E-state index contributed by atoms with van der Waals surface area (Å²) < 4.78 is 14.3. The van der Waals surface area contributed by atoms with Crippen LogP contribution in [-0.2, 0) is 33.4 Å². The Morgan fingerprint density at radius 2 is 1.50 bits per heavy atom. The summed E-state index contributed by atoms with van der Waals surface area (Å²) >= 11 is 0. The maximum atomic E-state index is 11.3. The third-order valence-electron chi connectivity index (χ3n) is 2.44. The molecule has 0 fully saturated rings. The van der Waals surface area contributed by atoms with E-state index in [1.54, 1.807) is 0 Å². The molecule has 0 heterocycles. The second kappa shape index (κ2) is 12.6. The van der Waals surface area contributed by atoms with E-state index in [1.807, 2.05) is 0 Å². The smallest absolute Gasteiger partial charge is 0.330 e. The molecule has 0 saturated carbocycles. The van der Waals surface area contributed by atoms with E-state index in [2.05, 4.69) is 11.3 Å². The molecule has 0 bridgehead atoms. The second-order valence-electron chi connectivity index (χ2n) is 4.50. The van der Waals surface area contributed by atoms with Gasteiger partial charge in [-0.15, -0.1) is 0 Å². The maximum Gasteiger partial charge on any atom is 0.330 e. The van der Waals surface area contributed by atoms with Crippen LogP contribution < -0.4 is 0 Å². The van der Waals surface area contributed by atoms with Gasteiger partial charge >= 0.3 is 17.9 Å².